The lowest BCUT2D eigenvalue weighted by molar-refractivity contribution is 0.0954. The molecule has 3 heteroatoms. The summed E-state index contributed by atoms with van der Waals surface area (Å²) in [5.74, 6) is -0.00762. The highest BCUT2D eigenvalue weighted by Gasteiger charge is 2.10. The first-order chi connectivity index (χ1) is 11.5. The summed E-state index contributed by atoms with van der Waals surface area (Å²) in [5, 5.41) is 4.29. The highest BCUT2D eigenvalue weighted by Crippen LogP contribution is 2.23. The lowest BCUT2D eigenvalue weighted by atomic mass is 10.0. The molecule has 0 aliphatic rings. The van der Waals surface area contributed by atoms with Crippen LogP contribution in [0, 0.1) is 27.7 Å². The first kappa shape index (κ1) is 16.3. The van der Waals surface area contributed by atoms with E-state index in [1.807, 2.05) is 25.1 Å². The number of fused-ring (bicyclic) bond motifs is 1. The van der Waals surface area contributed by atoms with Crippen LogP contribution >= 0.6 is 0 Å². The average molecular weight is 320 g/mol. The maximum atomic E-state index is 12.3. The number of nitrogens with one attached hydrogen (secondary N) is 2. The van der Waals surface area contributed by atoms with Gasteiger partial charge >= 0.3 is 0 Å². The summed E-state index contributed by atoms with van der Waals surface area (Å²) in [5.41, 5.74) is 7.95. The summed E-state index contributed by atoms with van der Waals surface area (Å²) >= 11 is 0. The first-order valence-electron chi connectivity index (χ1n) is 8.39. The number of benzene rings is 2. The van der Waals surface area contributed by atoms with E-state index in [-0.39, 0.29) is 5.91 Å². The first-order valence-corrected chi connectivity index (χ1v) is 8.39. The molecule has 0 bridgehead atoms. The fourth-order valence-electron chi connectivity index (χ4n) is 3.10. The molecule has 1 aromatic heterocycles. The van der Waals surface area contributed by atoms with Gasteiger partial charge in [0.2, 0.25) is 0 Å². The van der Waals surface area contributed by atoms with Gasteiger partial charge in [-0.15, -0.1) is 0 Å². The number of rotatable bonds is 4. The minimum atomic E-state index is -0.00762. The molecule has 0 saturated carbocycles. The standard InChI is InChI=1S/C21H24N2O/c1-13-5-8-20-19(11-13)18(16(4)23-20)9-10-22-21(24)17-7-6-14(2)15(3)12-17/h5-8,11-12,23H,9-10H2,1-4H3,(H,22,24). The van der Waals surface area contributed by atoms with E-state index in [2.05, 4.69) is 49.3 Å². The van der Waals surface area contributed by atoms with E-state index in [9.17, 15) is 4.79 Å². The largest absolute Gasteiger partial charge is 0.358 e. The van der Waals surface area contributed by atoms with Crippen LogP contribution in [0.1, 0.15) is 38.3 Å². The van der Waals surface area contributed by atoms with E-state index < -0.39 is 0 Å². The van der Waals surface area contributed by atoms with Gasteiger partial charge in [-0.25, -0.2) is 0 Å². The molecule has 3 rings (SSSR count). The molecule has 24 heavy (non-hydrogen) atoms. The second-order valence-electron chi connectivity index (χ2n) is 6.58. The van der Waals surface area contributed by atoms with Crippen molar-refractivity contribution < 1.29 is 4.79 Å². The van der Waals surface area contributed by atoms with Crippen molar-refractivity contribution >= 4 is 16.8 Å². The third kappa shape index (κ3) is 3.21. The molecule has 0 fully saturated rings. The Labute approximate surface area is 143 Å². The van der Waals surface area contributed by atoms with Crippen molar-refractivity contribution in [3.05, 3.63) is 69.9 Å². The highest BCUT2D eigenvalue weighted by atomic mass is 16.1. The van der Waals surface area contributed by atoms with Crippen LogP contribution in [-0.2, 0) is 6.42 Å². The molecule has 3 aromatic rings. The highest BCUT2D eigenvalue weighted by molar-refractivity contribution is 5.94. The Bertz CT molecular complexity index is 906. The topological polar surface area (TPSA) is 44.9 Å². The van der Waals surface area contributed by atoms with Crippen LogP contribution in [0.15, 0.2) is 36.4 Å². The number of hydrogen-bond donors (Lipinski definition) is 2. The van der Waals surface area contributed by atoms with Crippen LogP contribution in [0.5, 0.6) is 0 Å². The summed E-state index contributed by atoms with van der Waals surface area (Å²) in [4.78, 5) is 15.7. The van der Waals surface area contributed by atoms with Crippen LogP contribution in [0.25, 0.3) is 10.9 Å². The molecule has 0 aliphatic carbocycles. The Hall–Kier alpha value is -2.55. The third-order valence-corrected chi connectivity index (χ3v) is 4.70. The summed E-state index contributed by atoms with van der Waals surface area (Å²) in [6.07, 6.45) is 0.825. The van der Waals surface area contributed by atoms with Gasteiger partial charge in [0.25, 0.3) is 5.91 Å². The summed E-state index contributed by atoms with van der Waals surface area (Å²) < 4.78 is 0. The van der Waals surface area contributed by atoms with Gasteiger partial charge in [-0.2, -0.15) is 0 Å². The number of hydrogen-bond acceptors (Lipinski definition) is 1. The molecule has 3 nitrogen and oxygen atoms in total. The molecule has 0 atom stereocenters. The zero-order valence-corrected chi connectivity index (χ0v) is 14.8. The smallest absolute Gasteiger partial charge is 0.251 e. The number of aromatic amines is 1. The second-order valence-corrected chi connectivity index (χ2v) is 6.58. The van der Waals surface area contributed by atoms with E-state index in [1.165, 1.54) is 27.8 Å². The van der Waals surface area contributed by atoms with Crippen LogP contribution in [0.4, 0.5) is 0 Å². The van der Waals surface area contributed by atoms with E-state index in [0.717, 1.165) is 23.1 Å². The molecule has 0 saturated heterocycles. The van der Waals surface area contributed by atoms with E-state index in [1.54, 1.807) is 0 Å². The van der Waals surface area contributed by atoms with Crippen molar-refractivity contribution in [3.63, 3.8) is 0 Å². The van der Waals surface area contributed by atoms with E-state index >= 15 is 0 Å². The number of H-pyrrole nitrogens is 1. The lowest BCUT2D eigenvalue weighted by Crippen LogP contribution is -2.25. The van der Waals surface area contributed by atoms with Crippen LogP contribution < -0.4 is 5.32 Å². The number of aromatic nitrogens is 1. The molecule has 1 heterocycles. The number of amides is 1. The van der Waals surface area contributed by atoms with Crippen LogP contribution in [0.2, 0.25) is 0 Å². The van der Waals surface area contributed by atoms with E-state index in [4.69, 9.17) is 0 Å². The van der Waals surface area contributed by atoms with Crippen LogP contribution in [-0.4, -0.2) is 17.4 Å². The zero-order valence-electron chi connectivity index (χ0n) is 14.8. The lowest BCUT2D eigenvalue weighted by Gasteiger charge is -2.08. The second kappa shape index (κ2) is 6.52. The van der Waals surface area contributed by atoms with Gasteiger partial charge in [0.15, 0.2) is 0 Å². The number of carbonyl (C=O) groups excluding carboxylic acids is 1. The Kier molecular flexibility index (Phi) is 4.43. The van der Waals surface area contributed by atoms with E-state index in [0.29, 0.717) is 6.54 Å². The Morgan fingerprint density at radius 3 is 2.54 bits per heavy atom. The SMILES string of the molecule is Cc1ccc2[nH]c(C)c(CCNC(=O)c3ccc(C)c(C)c3)c2c1. The molecule has 0 aliphatic heterocycles. The fourth-order valence-corrected chi connectivity index (χ4v) is 3.10. The molecule has 0 spiro atoms. The van der Waals surface area contributed by atoms with Gasteiger partial charge in [-0.05, 0) is 75.1 Å². The minimum Gasteiger partial charge on any atom is -0.358 e. The van der Waals surface area contributed by atoms with Crippen molar-refractivity contribution in [2.75, 3.05) is 6.54 Å². The van der Waals surface area contributed by atoms with Gasteiger partial charge < -0.3 is 10.3 Å². The summed E-state index contributed by atoms with van der Waals surface area (Å²) in [6.45, 7) is 8.92. The Morgan fingerprint density at radius 2 is 1.79 bits per heavy atom. The zero-order chi connectivity index (χ0) is 17.3. The molecular formula is C21H24N2O. The van der Waals surface area contributed by atoms with Crippen molar-refractivity contribution in [2.24, 2.45) is 0 Å². The minimum absolute atomic E-state index is 0.00762. The van der Waals surface area contributed by atoms with Gasteiger partial charge in [0, 0.05) is 28.7 Å². The summed E-state index contributed by atoms with van der Waals surface area (Å²) in [6, 6.07) is 12.3. The van der Waals surface area contributed by atoms with Crippen molar-refractivity contribution in [1.29, 1.82) is 0 Å². The van der Waals surface area contributed by atoms with Gasteiger partial charge in [0.05, 0.1) is 0 Å². The maximum absolute atomic E-state index is 12.3. The molecule has 0 radical (unpaired) electrons. The van der Waals surface area contributed by atoms with Crippen molar-refractivity contribution in [1.82, 2.24) is 10.3 Å². The predicted octanol–water partition coefficient (Wildman–Crippen LogP) is 4.37. The van der Waals surface area contributed by atoms with Crippen LogP contribution in [0.3, 0.4) is 0 Å². The molecule has 0 unspecified atom stereocenters. The van der Waals surface area contributed by atoms with Crippen molar-refractivity contribution in [3.8, 4) is 0 Å². The molecule has 124 valence electrons. The van der Waals surface area contributed by atoms with Gasteiger partial charge in [-0.1, -0.05) is 17.7 Å². The van der Waals surface area contributed by atoms with Crippen molar-refractivity contribution in [2.45, 2.75) is 34.1 Å². The summed E-state index contributed by atoms with van der Waals surface area (Å²) in [7, 11) is 0. The molecule has 1 amide bonds. The maximum Gasteiger partial charge on any atom is 0.251 e. The normalized spacial score (nSPS) is 11.0. The molecule has 2 aromatic carbocycles. The Morgan fingerprint density at radius 1 is 1.00 bits per heavy atom. The fraction of sp³-hybridized carbons (Fsp3) is 0.286. The average Bonchev–Trinajstić information content (AvgIpc) is 2.85. The number of aryl methyl sites for hydroxylation is 4. The molecule has 2 N–H and O–H groups in total. The Balaban J connectivity index is 1.70. The van der Waals surface area contributed by atoms with Gasteiger partial charge in [-0.3, -0.25) is 4.79 Å². The van der Waals surface area contributed by atoms with Gasteiger partial charge in [0.1, 0.15) is 0 Å². The third-order valence-electron chi connectivity index (χ3n) is 4.70. The number of carbonyl (C=O) groups is 1. The molecular weight excluding hydrogens is 296 g/mol. The predicted molar refractivity (Wildman–Crippen MR) is 99.7 cm³/mol. The quantitative estimate of drug-likeness (QED) is 0.736. The monoisotopic (exact) mass is 320 g/mol.